The molecule has 3 aromatic rings. The first kappa shape index (κ1) is 22.5. The Bertz CT molecular complexity index is 1340. The van der Waals surface area contributed by atoms with Gasteiger partial charge in [0.2, 0.25) is 11.6 Å². The highest BCUT2D eigenvalue weighted by molar-refractivity contribution is 7.99. The number of para-hydroxylation sites is 1. The van der Waals surface area contributed by atoms with Gasteiger partial charge in [0.05, 0.1) is 32.7 Å². The van der Waals surface area contributed by atoms with Crippen LogP contribution in [0, 0.1) is 0 Å². The Hall–Kier alpha value is -3.66. The molecule has 2 N–H and O–H groups in total. The molecule has 1 aromatic heterocycles. The van der Waals surface area contributed by atoms with E-state index in [0.29, 0.717) is 35.1 Å². The van der Waals surface area contributed by atoms with Crippen LogP contribution in [-0.2, 0) is 7.05 Å². The number of hydrogen-bond donors (Lipinski definition) is 2. The molecule has 10 heteroatoms. The molecule has 0 unspecified atom stereocenters. The number of fused-ring (bicyclic) bond motifs is 1. The van der Waals surface area contributed by atoms with E-state index in [4.69, 9.17) is 19.2 Å². The molecule has 4 rings (SSSR count). The third-order valence-electron chi connectivity index (χ3n) is 5.41. The van der Waals surface area contributed by atoms with Gasteiger partial charge in [-0.25, -0.2) is 4.79 Å². The summed E-state index contributed by atoms with van der Waals surface area (Å²) in [4.78, 5) is 32.5. The maximum Gasteiger partial charge on any atom is 0.330 e. The lowest BCUT2D eigenvalue weighted by Crippen LogP contribution is -2.32. The largest absolute Gasteiger partial charge is 0.494 e. The number of aliphatic imine (C=N–C) groups is 1. The molecule has 1 aliphatic rings. The minimum Gasteiger partial charge on any atom is -0.494 e. The van der Waals surface area contributed by atoms with Crippen molar-refractivity contribution in [3.05, 3.63) is 68.4 Å². The van der Waals surface area contributed by atoms with Gasteiger partial charge in [-0.05, 0) is 29.8 Å². The van der Waals surface area contributed by atoms with Gasteiger partial charge in [-0.3, -0.25) is 19.3 Å². The van der Waals surface area contributed by atoms with E-state index in [1.54, 1.807) is 26.0 Å². The van der Waals surface area contributed by atoms with Crippen LogP contribution in [0.15, 0.2) is 55.9 Å². The first-order valence-corrected chi connectivity index (χ1v) is 10.9. The molecule has 0 amide bonds. The fourth-order valence-electron chi connectivity index (χ4n) is 3.71. The van der Waals surface area contributed by atoms with Crippen molar-refractivity contribution in [1.29, 1.82) is 0 Å². The first-order valence-electron chi connectivity index (χ1n) is 10.0. The number of nitrogens with zero attached hydrogens (tertiary/aromatic N) is 2. The Morgan fingerprint density at radius 2 is 1.76 bits per heavy atom. The number of rotatable bonds is 5. The quantitative estimate of drug-likeness (QED) is 0.590. The molecule has 9 nitrogen and oxygen atoms in total. The molecule has 0 bridgehead atoms. The summed E-state index contributed by atoms with van der Waals surface area (Å²) in [6.07, 6.45) is 0.298. The monoisotopic (exact) mass is 469 g/mol. The summed E-state index contributed by atoms with van der Waals surface area (Å²) >= 11 is 1.57. The van der Waals surface area contributed by atoms with Crippen molar-refractivity contribution in [3.8, 4) is 23.1 Å². The van der Waals surface area contributed by atoms with Gasteiger partial charge < -0.3 is 19.3 Å². The fourth-order valence-corrected chi connectivity index (χ4v) is 4.92. The van der Waals surface area contributed by atoms with Crippen LogP contribution in [0.2, 0.25) is 0 Å². The number of thioether (sulfide) groups is 1. The Balaban J connectivity index is 1.91. The normalized spacial score (nSPS) is 15.3. The van der Waals surface area contributed by atoms with E-state index in [1.807, 2.05) is 36.4 Å². The molecule has 0 aliphatic carbocycles. The van der Waals surface area contributed by atoms with Gasteiger partial charge in [0, 0.05) is 23.6 Å². The molecule has 0 saturated carbocycles. The second-order valence-corrected chi connectivity index (χ2v) is 8.56. The van der Waals surface area contributed by atoms with Crippen LogP contribution in [0.1, 0.15) is 22.8 Å². The van der Waals surface area contributed by atoms with E-state index in [-0.39, 0.29) is 10.8 Å². The van der Waals surface area contributed by atoms with Crippen molar-refractivity contribution in [2.45, 2.75) is 16.6 Å². The number of ether oxygens (including phenoxy) is 3. The summed E-state index contributed by atoms with van der Waals surface area (Å²) in [7, 11) is 6.01. The molecule has 0 saturated heterocycles. The fraction of sp³-hybridized carbons (Fsp3) is 0.261. The van der Waals surface area contributed by atoms with Gasteiger partial charge in [-0.2, -0.15) is 0 Å². The Labute approximate surface area is 193 Å². The van der Waals surface area contributed by atoms with E-state index in [2.05, 4.69) is 4.98 Å². The zero-order valence-electron chi connectivity index (χ0n) is 18.5. The third kappa shape index (κ3) is 4.09. The van der Waals surface area contributed by atoms with Crippen molar-refractivity contribution in [3.63, 3.8) is 0 Å². The van der Waals surface area contributed by atoms with Gasteiger partial charge in [0.1, 0.15) is 5.56 Å². The number of aromatic nitrogens is 2. The van der Waals surface area contributed by atoms with Crippen LogP contribution < -0.4 is 25.5 Å². The van der Waals surface area contributed by atoms with Crippen molar-refractivity contribution in [1.82, 2.24) is 9.55 Å². The first-order chi connectivity index (χ1) is 15.9. The maximum atomic E-state index is 12.7. The molecule has 2 aromatic carbocycles. The van der Waals surface area contributed by atoms with E-state index in [0.717, 1.165) is 15.0 Å². The Morgan fingerprint density at radius 3 is 2.39 bits per heavy atom. The number of aromatic hydroxyl groups is 1. The summed E-state index contributed by atoms with van der Waals surface area (Å²) in [6.45, 7) is 0. The maximum absolute atomic E-state index is 12.7. The number of nitrogens with one attached hydrogen (secondary N) is 1. The predicted molar refractivity (Wildman–Crippen MR) is 126 cm³/mol. The van der Waals surface area contributed by atoms with E-state index < -0.39 is 17.1 Å². The Morgan fingerprint density at radius 1 is 1.09 bits per heavy atom. The van der Waals surface area contributed by atoms with Crippen LogP contribution in [0.3, 0.4) is 0 Å². The summed E-state index contributed by atoms with van der Waals surface area (Å²) in [5, 5.41) is 10.4. The van der Waals surface area contributed by atoms with Crippen LogP contribution in [0.25, 0.3) is 0 Å². The lowest BCUT2D eigenvalue weighted by molar-refractivity contribution is 0.324. The highest BCUT2D eigenvalue weighted by atomic mass is 32.2. The summed E-state index contributed by atoms with van der Waals surface area (Å²) in [6, 6.07) is 11.3. The summed E-state index contributed by atoms with van der Waals surface area (Å²) in [5.41, 5.74) is 0.459. The lowest BCUT2D eigenvalue weighted by Gasteiger charge is -2.20. The molecule has 1 atom stereocenters. The number of benzene rings is 2. The van der Waals surface area contributed by atoms with E-state index in [9.17, 15) is 14.7 Å². The molecule has 2 heterocycles. The highest BCUT2D eigenvalue weighted by Crippen LogP contribution is 2.49. The smallest absolute Gasteiger partial charge is 0.330 e. The topological polar surface area (TPSA) is 115 Å². The zero-order valence-corrected chi connectivity index (χ0v) is 19.4. The molecular weight excluding hydrogens is 446 g/mol. The number of hydrogen-bond acceptors (Lipinski definition) is 8. The average molecular weight is 470 g/mol. The van der Waals surface area contributed by atoms with Gasteiger partial charge in [-0.1, -0.05) is 12.1 Å². The van der Waals surface area contributed by atoms with Crippen LogP contribution >= 0.6 is 11.8 Å². The molecule has 0 fully saturated rings. The summed E-state index contributed by atoms with van der Waals surface area (Å²) < 4.78 is 17.4. The Kier molecular flexibility index (Phi) is 6.19. The van der Waals surface area contributed by atoms with E-state index in [1.165, 1.54) is 14.2 Å². The van der Waals surface area contributed by atoms with Crippen LogP contribution in [0.5, 0.6) is 23.1 Å². The van der Waals surface area contributed by atoms with Gasteiger partial charge >= 0.3 is 5.69 Å². The van der Waals surface area contributed by atoms with Crippen molar-refractivity contribution >= 4 is 23.2 Å². The highest BCUT2D eigenvalue weighted by Gasteiger charge is 2.28. The lowest BCUT2D eigenvalue weighted by atomic mass is 10.0. The SMILES string of the molecule is COc1cc([C@H]2CC(c3c(O)n(C)c(=O)[nH]c3=O)=Nc3ccccc3S2)cc(OC)c1OC. The number of aromatic amines is 1. The molecule has 33 heavy (non-hydrogen) atoms. The van der Waals surface area contributed by atoms with Crippen molar-refractivity contribution < 1.29 is 19.3 Å². The van der Waals surface area contributed by atoms with Gasteiger partial charge in [0.15, 0.2) is 11.5 Å². The average Bonchev–Trinajstić information content (AvgIpc) is 3.01. The standard InChI is InChI=1S/C23H23N3O6S/c1-26-22(28)19(21(27)25-23(26)29)14-11-18(33-17-8-6-5-7-13(17)24-14)12-9-15(30-2)20(32-4)16(10-12)31-3/h5-10,18,28H,11H2,1-4H3,(H,25,27,29)/t18-/m1/s1. The van der Waals surface area contributed by atoms with Crippen molar-refractivity contribution in [2.75, 3.05) is 21.3 Å². The molecule has 172 valence electrons. The van der Waals surface area contributed by atoms with Gasteiger partial charge in [0.25, 0.3) is 5.56 Å². The summed E-state index contributed by atoms with van der Waals surface area (Å²) in [5.74, 6) is 1.05. The van der Waals surface area contributed by atoms with Crippen LogP contribution in [0.4, 0.5) is 5.69 Å². The molecule has 1 aliphatic heterocycles. The zero-order chi connectivity index (χ0) is 23.7. The predicted octanol–water partition coefficient (Wildman–Crippen LogP) is 3.16. The van der Waals surface area contributed by atoms with Gasteiger partial charge in [-0.15, -0.1) is 11.8 Å². The number of methoxy groups -OCH3 is 3. The minimum absolute atomic E-state index is 0.0353. The second kappa shape index (κ2) is 9.07. The van der Waals surface area contributed by atoms with Crippen LogP contribution in [-0.4, -0.2) is 41.7 Å². The molecule has 0 spiro atoms. The third-order valence-corrected chi connectivity index (χ3v) is 6.73. The molecule has 0 radical (unpaired) electrons. The van der Waals surface area contributed by atoms with Crippen molar-refractivity contribution in [2.24, 2.45) is 12.0 Å². The van der Waals surface area contributed by atoms with E-state index >= 15 is 0 Å². The number of H-pyrrole nitrogens is 1. The molecular formula is C23H23N3O6S. The second-order valence-electron chi connectivity index (χ2n) is 7.31. The minimum atomic E-state index is -0.702.